The molecule has 0 aliphatic rings. The summed E-state index contributed by atoms with van der Waals surface area (Å²) in [6.07, 6.45) is 1.80. The Balaban J connectivity index is 2.34. The van der Waals surface area contributed by atoms with E-state index in [2.05, 4.69) is 43.5 Å². The average molecular weight is 390 g/mol. The number of nitrogens with zero attached hydrogens (tertiary/aromatic N) is 2. The van der Waals surface area contributed by atoms with E-state index in [0.29, 0.717) is 21.6 Å². The number of nitrogens with one attached hydrogen (secondary N) is 2. The molecule has 1 aromatic carbocycles. The van der Waals surface area contributed by atoms with E-state index in [9.17, 15) is 0 Å². The Kier molecular flexibility index (Phi) is 5.67. The largest absolute Gasteiger partial charge is 0.373 e. The zero-order chi connectivity index (χ0) is 15.4. The molecule has 0 saturated heterocycles. The maximum Gasteiger partial charge on any atom is 0.136 e. The molecule has 0 aliphatic carbocycles. The predicted molar refractivity (Wildman–Crippen MR) is 93.0 cm³/mol. The molecule has 2 aromatic rings. The number of aryl methyl sites for hydroxylation is 1. The van der Waals surface area contributed by atoms with Crippen LogP contribution < -0.4 is 10.6 Å². The lowest BCUT2D eigenvalue weighted by atomic mass is 10.3. The molecule has 7 heteroatoms. The molecule has 0 atom stereocenters. The van der Waals surface area contributed by atoms with Gasteiger partial charge >= 0.3 is 0 Å². The standard InChI is InChI=1S/C14H15BrCl2N4/c1-3-4-10-20-11(18-2)7-12(21-10)19-9-6-5-8(15)13(16)14(9)17/h5-7H,3-4H2,1-2H3,(H2,18,19,20,21). The fraction of sp³-hybridized carbons (Fsp3) is 0.286. The topological polar surface area (TPSA) is 49.8 Å². The average Bonchev–Trinajstić information content (AvgIpc) is 2.48. The Bertz CT molecular complexity index is 649. The number of hydrogen-bond donors (Lipinski definition) is 2. The zero-order valence-electron chi connectivity index (χ0n) is 11.7. The van der Waals surface area contributed by atoms with E-state index >= 15 is 0 Å². The molecule has 0 amide bonds. The van der Waals surface area contributed by atoms with Crippen LogP contribution in [-0.4, -0.2) is 17.0 Å². The number of hydrogen-bond acceptors (Lipinski definition) is 4. The third-order valence-electron chi connectivity index (χ3n) is 2.80. The van der Waals surface area contributed by atoms with Crippen molar-refractivity contribution >= 4 is 56.5 Å². The Hall–Kier alpha value is -1.04. The summed E-state index contributed by atoms with van der Waals surface area (Å²) >= 11 is 15.7. The van der Waals surface area contributed by atoms with Crippen molar-refractivity contribution in [3.05, 3.63) is 38.5 Å². The zero-order valence-corrected chi connectivity index (χ0v) is 14.8. The Morgan fingerprint density at radius 1 is 1.14 bits per heavy atom. The predicted octanol–water partition coefficient (Wildman–Crippen LogP) is 5.28. The SMILES string of the molecule is CCCc1nc(NC)cc(Nc2ccc(Br)c(Cl)c2Cl)n1. The number of aromatic nitrogens is 2. The van der Waals surface area contributed by atoms with Gasteiger partial charge in [-0.25, -0.2) is 9.97 Å². The van der Waals surface area contributed by atoms with Gasteiger partial charge in [0.1, 0.15) is 17.5 Å². The van der Waals surface area contributed by atoms with E-state index in [1.54, 1.807) is 0 Å². The van der Waals surface area contributed by atoms with Crippen LogP contribution in [0.4, 0.5) is 17.3 Å². The second kappa shape index (κ2) is 7.29. The fourth-order valence-corrected chi connectivity index (χ4v) is 2.61. The normalized spacial score (nSPS) is 10.5. The number of anilines is 3. The summed E-state index contributed by atoms with van der Waals surface area (Å²) in [7, 11) is 1.82. The van der Waals surface area contributed by atoms with Crippen LogP contribution in [0.15, 0.2) is 22.7 Å². The van der Waals surface area contributed by atoms with E-state index in [1.165, 1.54) is 0 Å². The van der Waals surface area contributed by atoms with Crippen LogP contribution in [0, 0.1) is 0 Å². The van der Waals surface area contributed by atoms with Gasteiger partial charge in [-0.15, -0.1) is 0 Å². The van der Waals surface area contributed by atoms with Gasteiger partial charge in [-0.3, -0.25) is 0 Å². The molecule has 0 spiro atoms. The minimum absolute atomic E-state index is 0.452. The smallest absolute Gasteiger partial charge is 0.136 e. The number of halogens is 3. The monoisotopic (exact) mass is 388 g/mol. The van der Waals surface area contributed by atoms with Crippen molar-refractivity contribution in [3.63, 3.8) is 0 Å². The molecule has 2 rings (SSSR count). The van der Waals surface area contributed by atoms with Gasteiger partial charge in [0.15, 0.2) is 0 Å². The molecule has 4 nitrogen and oxygen atoms in total. The van der Waals surface area contributed by atoms with Crippen LogP contribution >= 0.6 is 39.1 Å². The van der Waals surface area contributed by atoms with Crippen molar-refractivity contribution in [2.24, 2.45) is 0 Å². The van der Waals surface area contributed by atoms with E-state index in [1.807, 2.05) is 25.2 Å². The van der Waals surface area contributed by atoms with E-state index in [4.69, 9.17) is 23.2 Å². The van der Waals surface area contributed by atoms with E-state index < -0.39 is 0 Å². The van der Waals surface area contributed by atoms with Crippen molar-refractivity contribution in [1.82, 2.24) is 9.97 Å². The van der Waals surface area contributed by atoms with Crippen LogP contribution in [0.3, 0.4) is 0 Å². The Labute approximate surface area is 142 Å². The van der Waals surface area contributed by atoms with E-state index in [0.717, 1.165) is 29.0 Å². The van der Waals surface area contributed by atoms with Gasteiger partial charge in [-0.2, -0.15) is 0 Å². The molecular weight excluding hydrogens is 375 g/mol. The molecular formula is C14H15BrCl2N4. The maximum atomic E-state index is 6.24. The quantitative estimate of drug-likeness (QED) is 0.682. The molecule has 1 heterocycles. The van der Waals surface area contributed by atoms with Gasteiger partial charge < -0.3 is 10.6 Å². The van der Waals surface area contributed by atoms with Crippen LogP contribution in [-0.2, 0) is 6.42 Å². The first-order chi connectivity index (χ1) is 10.0. The third-order valence-corrected chi connectivity index (χ3v) is 4.57. The lowest BCUT2D eigenvalue weighted by Gasteiger charge is -2.12. The number of benzene rings is 1. The summed E-state index contributed by atoms with van der Waals surface area (Å²) in [6.45, 7) is 2.09. The van der Waals surface area contributed by atoms with Gasteiger partial charge in [0.2, 0.25) is 0 Å². The molecule has 0 unspecified atom stereocenters. The van der Waals surface area contributed by atoms with Crippen molar-refractivity contribution in [3.8, 4) is 0 Å². The second-order valence-corrected chi connectivity index (χ2v) is 6.01. The van der Waals surface area contributed by atoms with Crippen LogP contribution in [0.25, 0.3) is 0 Å². The van der Waals surface area contributed by atoms with Gasteiger partial charge in [0.25, 0.3) is 0 Å². The Morgan fingerprint density at radius 3 is 2.52 bits per heavy atom. The summed E-state index contributed by atoms with van der Waals surface area (Å²) in [5.41, 5.74) is 0.702. The Morgan fingerprint density at radius 2 is 1.86 bits per heavy atom. The minimum atomic E-state index is 0.452. The van der Waals surface area contributed by atoms with Crippen molar-refractivity contribution < 1.29 is 0 Å². The molecule has 0 aliphatic heterocycles. The molecule has 0 radical (unpaired) electrons. The summed E-state index contributed by atoms with van der Waals surface area (Å²) in [5.74, 6) is 2.22. The summed E-state index contributed by atoms with van der Waals surface area (Å²) in [4.78, 5) is 8.89. The van der Waals surface area contributed by atoms with Gasteiger partial charge in [0.05, 0.1) is 15.7 Å². The van der Waals surface area contributed by atoms with Crippen LogP contribution in [0.1, 0.15) is 19.2 Å². The number of rotatable bonds is 5. The lowest BCUT2D eigenvalue weighted by Crippen LogP contribution is -2.04. The summed E-state index contributed by atoms with van der Waals surface area (Å²) in [6, 6.07) is 5.51. The first-order valence-corrected chi connectivity index (χ1v) is 8.06. The van der Waals surface area contributed by atoms with Gasteiger partial charge in [-0.05, 0) is 34.5 Å². The van der Waals surface area contributed by atoms with E-state index in [-0.39, 0.29) is 0 Å². The summed E-state index contributed by atoms with van der Waals surface area (Å²) < 4.78 is 0.755. The molecule has 21 heavy (non-hydrogen) atoms. The highest BCUT2D eigenvalue weighted by Crippen LogP contribution is 2.37. The van der Waals surface area contributed by atoms with Gasteiger partial charge in [-0.1, -0.05) is 30.1 Å². The highest BCUT2D eigenvalue weighted by Gasteiger charge is 2.10. The first-order valence-electron chi connectivity index (χ1n) is 6.51. The van der Waals surface area contributed by atoms with Crippen molar-refractivity contribution in [2.45, 2.75) is 19.8 Å². The fourth-order valence-electron chi connectivity index (χ4n) is 1.79. The van der Waals surface area contributed by atoms with Gasteiger partial charge in [0, 0.05) is 24.0 Å². The van der Waals surface area contributed by atoms with Crippen LogP contribution in [0.2, 0.25) is 10.0 Å². The minimum Gasteiger partial charge on any atom is -0.373 e. The molecule has 1 aromatic heterocycles. The molecule has 0 saturated carbocycles. The first kappa shape index (κ1) is 16.3. The highest BCUT2D eigenvalue weighted by molar-refractivity contribution is 9.10. The molecule has 0 fully saturated rings. The summed E-state index contributed by atoms with van der Waals surface area (Å²) in [5, 5.41) is 7.14. The van der Waals surface area contributed by atoms with Crippen molar-refractivity contribution in [2.75, 3.05) is 17.7 Å². The van der Waals surface area contributed by atoms with Crippen LogP contribution in [0.5, 0.6) is 0 Å². The maximum absolute atomic E-state index is 6.24. The highest BCUT2D eigenvalue weighted by atomic mass is 79.9. The molecule has 2 N–H and O–H groups in total. The third kappa shape index (κ3) is 3.99. The molecule has 0 bridgehead atoms. The molecule has 112 valence electrons. The lowest BCUT2D eigenvalue weighted by molar-refractivity contribution is 0.838. The van der Waals surface area contributed by atoms with Crippen molar-refractivity contribution in [1.29, 1.82) is 0 Å². The second-order valence-electron chi connectivity index (χ2n) is 4.40.